The van der Waals surface area contributed by atoms with Crippen molar-refractivity contribution in [3.05, 3.63) is 23.4 Å². The van der Waals surface area contributed by atoms with E-state index >= 15 is 0 Å². The molecular formula is C14H16N2O3. The van der Waals surface area contributed by atoms with Crippen molar-refractivity contribution < 1.29 is 14.6 Å². The van der Waals surface area contributed by atoms with E-state index in [1.54, 1.807) is 12.3 Å². The second-order valence-corrected chi connectivity index (χ2v) is 5.05. The van der Waals surface area contributed by atoms with Gasteiger partial charge in [-0.1, -0.05) is 6.92 Å². The van der Waals surface area contributed by atoms with Crippen LogP contribution in [0.3, 0.4) is 0 Å². The van der Waals surface area contributed by atoms with E-state index in [2.05, 4.69) is 16.8 Å². The molecule has 0 bridgehead atoms. The van der Waals surface area contributed by atoms with Gasteiger partial charge in [-0.05, 0) is 5.56 Å². The first-order chi connectivity index (χ1) is 9.04. The molecule has 0 aliphatic carbocycles. The molecule has 2 aromatic rings. The minimum Gasteiger partial charge on any atom is -0.506 e. The summed E-state index contributed by atoms with van der Waals surface area (Å²) in [7, 11) is 3.35. The minimum atomic E-state index is -0.388. The molecule has 0 fully saturated rings. The molecule has 0 spiro atoms. The number of esters is 1. The summed E-state index contributed by atoms with van der Waals surface area (Å²) >= 11 is 0. The quantitative estimate of drug-likeness (QED) is 0.771. The molecule has 0 amide bonds. The van der Waals surface area contributed by atoms with Crippen molar-refractivity contribution in [1.82, 2.24) is 4.98 Å². The first-order valence-electron chi connectivity index (χ1n) is 6.21. The van der Waals surface area contributed by atoms with Crippen LogP contribution in [0.4, 0.5) is 5.69 Å². The number of ether oxygens (including phenoxy) is 1. The van der Waals surface area contributed by atoms with Crippen molar-refractivity contribution in [2.45, 2.75) is 12.8 Å². The standard InChI is InChI=1S/C14H16N2O3/c1-7-6-16(2)9-4-10(17)13-12(11(7)9)8(5-15-13)14(18)19-3/h4-5,7,15,17H,6H2,1-3H3. The first kappa shape index (κ1) is 11.9. The molecular weight excluding hydrogens is 244 g/mol. The number of H-pyrrole nitrogens is 1. The number of carbonyl (C=O) groups excluding carboxylic acids is 1. The Morgan fingerprint density at radius 3 is 3.00 bits per heavy atom. The number of benzene rings is 1. The number of aromatic nitrogens is 1. The van der Waals surface area contributed by atoms with E-state index in [9.17, 15) is 9.90 Å². The van der Waals surface area contributed by atoms with E-state index < -0.39 is 0 Å². The monoisotopic (exact) mass is 260 g/mol. The summed E-state index contributed by atoms with van der Waals surface area (Å²) in [5.74, 6) is 0.0768. The predicted molar refractivity (Wildman–Crippen MR) is 73.0 cm³/mol. The number of hydrogen-bond donors (Lipinski definition) is 2. The van der Waals surface area contributed by atoms with E-state index in [1.165, 1.54) is 7.11 Å². The van der Waals surface area contributed by atoms with Gasteiger partial charge in [-0.25, -0.2) is 4.79 Å². The molecule has 1 aromatic heterocycles. The van der Waals surface area contributed by atoms with Crippen LogP contribution in [-0.4, -0.2) is 36.8 Å². The van der Waals surface area contributed by atoms with E-state index in [0.29, 0.717) is 17.0 Å². The van der Waals surface area contributed by atoms with Crippen LogP contribution in [-0.2, 0) is 4.74 Å². The fourth-order valence-corrected chi connectivity index (χ4v) is 3.00. The molecule has 1 aliphatic rings. The lowest BCUT2D eigenvalue weighted by Crippen LogP contribution is -2.13. The van der Waals surface area contributed by atoms with Gasteiger partial charge in [0.1, 0.15) is 5.75 Å². The van der Waals surface area contributed by atoms with Crippen LogP contribution in [0.25, 0.3) is 10.9 Å². The zero-order valence-corrected chi connectivity index (χ0v) is 11.2. The third-order valence-corrected chi connectivity index (χ3v) is 3.81. The number of nitrogens with one attached hydrogen (secondary N) is 1. The molecule has 0 radical (unpaired) electrons. The Labute approximate surface area is 110 Å². The second-order valence-electron chi connectivity index (χ2n) is 5.05. The zero-order chi connectivity index (χ0) is 13.7. The van der Waals surface area contributed by atoms with Gasteiger partial charge in [0.15, 0.2) is 0 Å². The van der Waals surface area contributed by atoms with Crippen LogP contribution in [0, 0.1) is 0 Å². The topological polar surface area (TPSA) is 65.6 Å². The number of methoxy groups -OCH3 is 1. The molecule has 1 aromatic carbocycles. The summed E-state index contributed by atoms with van der Waals surface area (Å²) in [6, 6.07) is 1.75. The number of hydrogen-bond acceptors (Lipinski definition) is 4. The summed E-state index contributed by atoms with van der Waals surface area (Å²) in [5, 5.41) is 10.9. The van der Waals surface area contributed by atoms with Gasteiger partial charge in [0.25, 0.3) is 0 Å². The highest BCUT2D eigenvalue weighted by Crippen LogP contribution is 2.44. The summed E-state index contributed by atoms with van der Waals surface area (Å²) < 4.78 is 4.81. The van der Waals surface area contributed by atoms with Crippen LogP contribution < -0.4 is 4.90 Å². The number of anilines is 1. The maximum absolute atomic E-state index is 11.9. The second kappa shape index (κ2) is 3.91. The maximum atomic E-state index is 11.9. The molecule has 2 heterocycles. The molecule has 5 heteroatoms. The van der Waals surface area contributed by atoms with E-state index in [-0.39, 0.29) is 11.7 Å². The van der Waals surface area contributed by atoms with Crippen LogP contribution in [0.15, 0.2) is 12.3 Å². The fourth-order valence-electron chi connectivity index (χ4n) is 3.00. The highest BCUT2D eigenvalue weighted by Gasteiger charge is 2.30. The van der Waals surface area contributed by atoms with Gasteiger partial charge in [0.05, 0.1) is 18.2 Å². The SMILES string of the molecule is COC(=O)c1c[nH]c2c(O)cc3c(c12)C(C)CN3C. The number of fused-ring (bicyclic) bond motifs is 3. The molecule has 2 N–H and O–H groups in total. The molecule has 0 saturated carbocycles. The maximum Gasteiger partial charge on any atom is 0.340 e. The molecule has 1 unspecified atom stereocenters. The van der Waals surface area contributed by atoms with Crippen molar-refractivity contribution in [3.63, 3.8) is 0 Å². The average molecular weight is 260 g/mol. The lowest BCUT2D eigenvalue weighted by atomic mass is 9.96. The number of nitrogens with zero attached hydrogens (tertiary/aromatic N) is 1. The van der Waals surface area contributed by atoms with Crippen molar-refractivity contribution in [1.29, 1.82) is 0 Å². The zero-order valence-electron chi connectivity index (χ0n) is 11.2. The highest BCUT2D eigenvalue weighted by atomic mass is 16.5. The lowest BCUT2D eigenvalue weighted by molar-refractivity contribution is 0.0603. The Morgan fingerprint density at radius 2 is 2.32 bits per heavy atom. The van der Waals surface area contributed by atoms with Crippen LogP contribution in [0.1, 0.15) is 28.8 Å². The van der Waals surface area contributed by atoms with Gasteiger partial charge in [-0.3, -0.25) is 0 Å². The van der Waals surface area contributed by atoms with Crippen molar-refractivity contribution in [2.75, 3.05) is 25.6 Å². The summed E-state index contributed by atoms with van der Waals surface area (Å²) in [6.07, 6.45) is 1.60. The van der Waals surface area contributed by atoms with Gasteiger partial charge in [0.2, 0.25) is 0 Å². The smallest absolute Gasteiger partial charge is 0.340 e. The molecule has 100 valence electrons. The Bertz CT molecular complexity index is 675. The Balaban J connectivity index is 2.40. The van der Waals surface area contributed by atoms with Gasteiger partial charge >= 0.3 is 5.97 Å². The minimum absolute atomic E-state index is 0.157. The Hall–Kier alpha value is -2.17. The number of rotatable bonds is 1. The van der Waals surface area contributed by atoms with Gasteiger partial charge < -0.3 is 19.7 Å². The van der Waals surface area contributed by atoms with Crippen LogP contribution >= 0.6 is 0 Å². The van der Waals surface area contributed by atoms with Gasteiger partial charge in [-0.2, -0.15) is 0 Å². The molecule has 5 nitrogen and oxygen atoms in total. The van der Waals surface area contributed by atoms with Gasteiger partial charge in [0, 0.05) is 42.8 Å². The summed E-state index contributed by atoms with van der Waals surface area (Å²) in [6.45, 7) is 2.99. The fraction of sp³-hybridized carbons (Fsp3) is 0.357. The molecule has 1 aliphatic heterocycles. The Kier molecular flexibility index (Phi) is 2.45. The predicted octanol–water partition coefficient (Wildman–Crippen LogP) is 2.21. The van der Waals surface area contributed by atoms with Crippen LogP contribution in [0.5, 0.6) is 5.75 Å². The molecule has 0 saturated heterocycles. The number of carbonyl (C=O) groups is 1. The summed E-state index contributed by atoms with van der Waals surface area (Å²) in [4.78, 5) is 16.9. The van der Waals surface area contributed by atoms with E-state index in [4.69, 9.17) is 4.74 Å². The first-order valence-corrected chi connectivity index (χ1v) is 6.21. The van der Waals surface area contributed by atoms with Crippen molar-refractivity contribution >= 4 is 22.6 Å². The molecule has 3 rings (SSSR count). The lowest BCUT2D eigenvalue weighted by Gasteiger charge is -2.12. The van der Waals surface area contributed by atoms with Crippen LogP contribution in [0.2, 0.25) is 0 Å². The summed E-state index contributed by atoms with van der Waals surface area (Å²) in [5.41, 5.74) is 3.15. The molecule has 19 heavy (non-hydrogen) atoms. The molecule has 1 atom stereocenters. The number of phenols is 1. The average Bonchev–Trinajstić information content (AvgIpc) is 2.92. The number of aromatic amines is 1. The third kappa shape index (κ3) is 1.51. The Morgan fingerprint density at radius 1 is 1.58 bits per heavy atom. The van der Waals surface area contributed by atoms with E-state index in [0.717, 1.165) is 23.2 Å². The van der Waals surface area contributed by atoms with E-state index in [1.807, 2.05) is 7.05 Å². The number of phenolic OH excluding ortho intramolecular Hbond substituents is 1. The normalized spacial score (nSPS) is 17.8. The third-order valence-electron chi connectivity index (χ3n) is 3.81. The van der Waals surface area contributed by atoms with Gasteiger partial charge in [-0.15, -0.1) is 0 Å². The largest absolute Gasteiger partial charge is 0.506 e. The van der Waals surface area contributed by atoms with Crippen molar-refractivity contribution in [3.8, 4) is 5.75 Å². The number of aromatic hydroxyl groups is 1. The number of likely N-dealkylation sites (N-methyl/N-ethyl adjacent to an activating group) is 1. The highest BCUT2D eigenvalue weighted by molar-refractivity contribution is 6.09. The van der Waals surface area contributed by atoms with Crippen molar-refractivity contribution in [2.24, 2.45) is 0 Å².